The Labute approximate surface area is 260 Å². The van der Waals surface area contributed by atoms with Gasteiger partial charge in [0.25, 0.3) is 6.02 Å². The SMILES string of the molecule is CCCCOC1=NC2(C(CN3CCC(C4CCNCC4)CC3C(=O)CCOCCON)c3ccccc3)NC(=O)NC2=CN1. The number of rotatable bonds is 15. The third kappa shape index (κ3) is 7.78. The molecule has 0 radical (unpaired) electrons. The number of hydrogen-bond acceptors (Lipinski definition) is 10. The van der Waals surface area contributed by atoms with Crippen molar-refractivity contribution >= 4 is 17.8 Å². The molecule has 0 saturated carbocycles. The monoisotopic (exact) mass is 611 g/mol. The van der Waals surface area contributed by atoms with Crippen LogP contribution in [-0.4, -0.2) is 87.0 Å². The Morgan fingerprint density at radius 2 is 1.93 bits per heavy atom. The first-order chi connectivity index (χ1) is 21.5. The van der Waals surface area contributed by atoms with Gasteiger partial charge in [-0.25, -0.2) is 10.7 Å². The van der Waals surface area contributed by atoms with E-state index in [1.165, 1.54) is 0 Å². The average molecular weight is 612 g/mol. The molecule has 6 N–H and O–H groups in total. The lowest BCUT2D eigenvalue weighted by atomic mass is 9.75. The van der Waals surface area contributed by atoms with Crippen molar-refractivity contribution < 1.29 is 23.9 Å². The molecule has 5 rings (SSSR count). The molecular formula is C32H49N7O5. The first-order valence-electron chi connectivity index (χ1n) is 16.2. The minimum Gasteiger partial charge on any atom is -0.465 e. The summed E-state index contributed by atoms with van der Waals surface area (Å²) in [6.07, 6.45) is 8.16. The van der Waals surface area contributed by atoms with Crippen LogP contribution in [0.25, 0.3) is 0 Å². The summed E-state index contributed by atoms with van der Waals surface area (Å²) in [4.78, 5) is 38.7. The predicted molar refractivity (Wildman–Crippen MR) is 167 cm³/mol. The van der Waals surface area contributed by atoms with E-state index in [1.807, 2.05) is 18.2 Å². The van der Waals surface area contributed by atoms with Gasteiger partial charge in [-0.2, -0.15) is 4.99 Å². The molecule has 2 amide bonds. The lowest BCUT2D eigenvalue weighted by Gasteiger charge is -2.45. The highest BCUT2D eigenvalue weighted by atomic mass is 16.6. The molecule has 4 atom stereocenters. The molecular weight excluding hydrogens is 562 g/mol. The van der Waals surface area contributed by atoms with Crippen LogP contribution in [0.4, 0.5) is 4.79 Å². The number of nitrogens with two attached hydrogens (primary N) is 1. The molecule has 3 saturated heterocycles. The van der Waals surface area contributed by atoms with E-state index >= 15 is 0 Å². The highest BCUT2D eigenvalue weighted by Crippen LogP contribution is 2.41. The Morgan fingerprint density at radius 1 is 1.11 bits per heavy atom. The van der Waals surface area contributed by atoms with Gasteiger partial charge in [0.15, 0.2) is 11.4 Å². The molecule has 1 aromatic carbocycles. The van der Waals surface area contributed by atoms with Gasteiger partial charge in [-0.15, -0.1) is 0 Å². The number of carbonyl (C=O) groups is 2. The Hall–Kier alpha value is -3.03. The van der Waals surface area contributed by atoms with Crippen LogP contribution in [-0.2, 0) is 19.1 Å². The van der Waals surface area contributed by atoms with Crippen LogP contribution >= 0.6 is 0 Å². The number of piperidine rings is 2. The molecule has 4 aliphatic rings. The fraction of sp³-hybridized carbons (Fsp3) is 0.656. The Bertz CT molecular complexity index is 1160. The second kappa shape index (κ2) is 15.8. The molecule has 0 aliphatic carbocycles. The highest BCUT2D eigenvalue weighted by Gasteiger charge is 2.53. The number of ether oxygens (including phenoxy) is 2. The number of unbranched alkanes of at least 4 members (excludes halogenated alkanes) is 1. The van der Waals surface area contributed by atoms with E-state index in [-0.39, 0.29) is 30.4 Å². The van der Waals surface area contributed by atoms with Gasteiger partial charge < -0.3 is 35.6 Å². The molecule has 4 unspecified atom stereocenters. The van der Waals surface area contributed by atoms with Crippen molar-refractivity contribution in [3.63, 3.8) is 0 Å². The number of urea groups is 1. The average Bonchev–Trinajstić information content (AvgIpc) is 3.40. The molecule has 0 aromatic heterocycles. The summed E-state index contributed by atoms with van der Waals surface area (Å²) in [6.45, 7) is 7.02. The summed E-state index contributed by atoms with van der Waals surface area (Å²) in [7, 11) is 0. The normalized spacial score (nSPS) is 26.5. The quantitative estimate of drug-likeness (QED) is 0.149. The van der Waals surface area contributed by atoms with Crippen molar-refractivity contribution in [2.24, 2.45) is 22.7 Å². The summed E-state index contributed by atoms with van der Waals surface area (Å²) < 4.78 is 11.6. The molecule has 0 bridgehead atoms. The van der Waals surface area contributed by atoms with Gasteiger partial charge in [0.2, 0.25) is 0 Å². The Morgan fingerprint density at radius 3 is 2.70 bits per heavy atom. The molecule has 1 aromatic rings. The van der Waals surface area contributed by atoms with Crippen molar-refractivity contribution in [3.05, 3.63) is 47.8 Å². The maximum Gasteiger partial charge on any atom is 0.321 e. The number of Topliss-reactive ketones (excluding diaryl/α,β-unsaturated/α-hetero) is 1. The summed E-state index contributed by atoms with van der Waals surface area (Å²) in [6, 6.07) is 9.96. The smallest absolute Gasteiger partial charge is 0.321 e. The molecule has 12 nitrogen and oxygen atoms in total. The van der Waals surface area contributed by atoms with Crippen LogP contribution in [0.15, 0.2) is 47.2 Å². The molecule has 44 heavy (non-hydrogen) atoms. The van der Waals surface area contributed by atoms with E-state index in [0.717, 1.165) is 63.7 Å². The summed E-state index contributed by atoms with van der Waals surface area (Å²) in [5.41, 5.74) is 0.565. The summed E-state index contributed by atoms with van der Waals surface area (Å²) in [5, 5.41) is 12.7. The van der Waals surface area contributed by atoms with Gasteiger partial charge in [0.05, 0.1) is 38.2 Å². The Kier molecular flexibility index (Phi) is 11.6. The lowest BCUT2D eigenvalue weighted by Crippen LogP contribution is -2.56. The van der Waals surface area contributed by atoms with Crippen LogP contribution in [0, 0.1) is 11.8 Å². The molecule has 242 valence electrons. The number of amides is 2. The fourth-order valence-electron chi connectivity index (χ4n) is 7.08. The Balaban J connectivity index is 1.43. The lowest BCUT2D eigenvalue weighted by molar-refractivity contribution is -0.128. The third-order valence-corrected chi connectivity index (χ3v) is 9.46. The number of nitrogens with zero attached hydrogens (tertiary/aromatic N) is 2. The zero-order valence-corrected chi connectivity index (χ0v) is 25.9. The van der Waals surface area contributed by atoms with E-state index in [2.05, 4.69) is 50.1 Å². The van der Waals surface area contributed by atoms with Crippen LogP contribution < -0.4 is 27.2 Å². The molecule has 12 heteroatoms. The summed E-state index contributed by atoms with van der Waals surface area (Å²) >= 11 is 0. The van der Waals surface area contributed by atoms with Crippen LogP contribution in [0.2, 0.25) is 0 Å². The van der Waals surface area contributed by atoms with Gasteiger partial charge in [-0.05, 0) is 69.1 Å². The molecule has 3 fully saturated rings. The minimum atomic E-state index is -1.10. The number of hydrogen-bond donors (Lipinski definition) is 5. The van der Waals surface area contributed by atoms with Gasteiger partial charge in [-0.1, -0.05) is 43.7 Å². The van der Waals surface area contributed by atoms with Gasteiger partial charge in [0.1, 0.15) is 0 Å². The zero-order valence-electron chi connectivity index (χ0n) is 25.9. The van der Waals surface area contributed by atoms with Crippen LogP contribution in [0.3, 0.4) is 0 Å². The van der Waals surface area contributed by atoms with Crippen molar-refractivity contribution in [3.8, 4) is 0 Å². The highest BCUT2D eigenvalue weighted by molar-refractivity contribution is 5.86. The van der Waals surface area contributed by atoms with Gasteiger partial charge in [0, 0.05) is 25.1 Å². The van der Waals surface area contributed by atoms with E-state index in [4.69, 9.17) is 20.4 Å². The van der Waals surface area contributed by atoms with E-state index in [9.17, 15) is 9.59 Å². The van der Waals surface area contributed by atoms with E-state index < -0.39 is 5.66 Å². The van der Waals surface area contributed by atoms with Gasteiger partial charge in [-0.3, -0.25) is 9.69 Å². The molecule has 0 spiro atoms. The van der Waals surface area contributed by atoms with Crippen LogP contribution in [0.5, 0.6) is 0 Å². The number of benzene rings is 1. The maximum absolute atomic E-state index is 13.9. The number of ketones is 1. The second-order valence-electron chi connectivity index (χ2n) is 12.2. The zero-order chi connectivity index (χ0) is 30.8. The minimum absolute atomic E-state index is 0.184. The largest absolute Gasteiger partial charge is 0.465 e. The predicted octanol–water partition coefficient (Wildman–Crippen LogP) is 2.34. The van der Waals surface area contributed by atoms with Gasteiger partial charge >= 0.3 is 6.03 Å². The third-order valence-electron chi connectivity index (χ3n) is 9.46. The second-order valence-corrected chi connectivity index (χ2v) is 12.2. The first-order valence-corrected chi connectivity index (χ1v) is 16.2. The number of amidine groups is 1. The van der Waals surface area contributed by atoms with Crippen LogP contribution in [0.1, 0.15) is 63.4 Å². The van der Waals surface area contributed by atoms with Crippen molar-refractivity contribution in [1.29, 1.82) is 0 Å². The maximum atomic E-state index is 13.9. The number of carbonyl (C=O) groups excluding carboxylic acids is 2. The summed E-state index contributed by atoms with van der Waals surface area (Å²) in [5.74, 6) is 6.14. The van der Waals surface area contributed by atoms with Crippen molar-refractivity contribution in [2.75, 3.05) is 52.6 Å². The fourth-order valence-corrected chi connectivity index (χ4v) is 7.08. The first kappa shape index (κ1) is 32.4. The molecule has 4 aliphatic heterocycles. The number of likely N-dealkylation sites (tertiary alicyclic amines) is 1. The number of fused-ring (bicyclic) bond motifs is 1. The van der Waals surface area contributed by atoms with E-state index in [1.54, 1.807) is 6.20 Å². The van der Waals surface area contributed by atoms with Crippen molar-refractivity contribution in [1.82, 2.24) is 26.2 Å². The van der Waals surface area contributed by atoms with Crippen molar-refractivity contribution in [2.45, 2.75) is 69.5 Å². The number of aliphatic imine (C=N–C) groups is 1. The number of nitrogens with one attached hydrogen (secondary N) is 4. The topological polar surface area (TPSA) is 152 Å². The molecule has 4 heterocycles. The van der Waals surface area contributed by atoms with E-state index in [0.29, 0.717) is 56.3 Å². The standard InChI is InChI=1S/C32H49N7O5/c1-2-3-16-43-31-35-21-29-32(38-31,37-30(41)36-29)26(24-7-5-4-6-8-24)22-39-15-11-25(23-9-13-34-14-10-23)20-27(39)28(40)12-17-42-18-19-44-33/h4-8,21,23,25-27,34H,2-3,9-20,22,33H2,1H3,(H,35,38)(H2,36,37,41).